The molecule has 1 aromatic rings. The van der Waals surface area contributed by atoms with E-state index in [1.807, 2.05) is 18.2 Å². The van der Waals surface area contributed by atoms with E-state index >= 15 is 0 Å². The SMILES string of the molecule is CCC(C)OCc1ccc(Br)c(N)c1. The minimum Gasteiger partial charge on any atom is -0.398 e. The molecule has 0 heterocycles. The minimum atomic E-state index is 0.305. The van der Waals surface area contributed by atoms with Crippen LogP contribution in [-0.2, 0) is 11.3 Å². The van der Waals surface area contributed by atoms with Crippen molar-refractivity contribution in [1.82, 2.24) is 0 Å². The predicted molar refractivity (Wildman–Crippen MR) is 63.1 cm³/mol. The molecule has 0 aromatic heterocycles. The summed E-state index contributed by atoms with van der Waals surface area (Å²) < 4.78 is 6.54. The molecule has 14 heavy (non-hydrogen) atoms. The van der Waals surface area contributed by atoms with Crippen molar-refractivity contribution in [3.05, 3.63) is 28.2 Å². The monoisotopic (exact) mass is 257 g/mol. The number of hydrogen-bond donors (Lipinski definition) is 1. The number of anilines is 1. The molecule has 0 saturated heterocycles. The molecule has 0 saturated carbocycles. The third-order valence-corrected chi connectivity index (χ3v) is 2.89. The summed E-state index contributed by atoms with van der Waals surface area (Å²) in [5.41, 5.74) is 7.63. The van der Waals surface area contributed by atoms with Gasteiger partial charge in [-0.2, -0.15) is 0 Å². The summed E-state index contributed by atoms with van der Waals surface area (Å²) in [5.74, 6) is 0. The van der Waals surface area contributed by atoms with Crippen LogP contribution < -0.4 is 5.73 Å². The van der Waals surface area contributed by atoms with Gasteiger partial charge in [-0.15, -0.1) is 0 Å². The van der Waals surface area contributed by atoms with E-state index in [9.17, 15) is 0 Å². The molecule has 0 amide bonds. The Morgan fingerprint density at radius 3 is 2.79 bits per heavy atom. The van der Waals surface area contributed by atoms with Crippen LogP contribution in [0.15, 0.2) is 22.7 Å². The van der Waals surface area contributed by atoms with Gasteiger partial charge >= 0.3 is 0 Å². The second-order valence-corrected chi connectivity index (χ2v) is 4.24. The van der Waals surface area contributed by atoms with Crippen LogP contribution in [0, 0.1) is 0 Å². The lowest BCUT2D eigenvalue weighted by molar-refractivity contribution is 0.0509. The molecule has 1 atom stereocenters. The van der Waals surface area contributed by atoms with Gasteiger partial charge in [0.1, 0.15) is 0 Å². The van der Waals surface area contributed by atoms with E-state index < -0.39 is 0 Å². The summed E-state index contributed by atoms with van der Waals surface area (Å²) in [4.78, 5) is 0. The topological polar surface area (TPSA) is 35.2 Å². The summed E-state index contributed by atoms with van der Waals surface area (Å²) in [6.07, 6.45) is 1.34. The Labute approximate surface area is 93.6 Å². The highest BCUT2D eigenvalue weighted by atomic mass is 79.9. The highest BCUT2D eigenvalue weighted by Crippen LogP contribution is 2.20. The Kier molecular flexibility index (Phi) is 4.42. The van der Waals surface area contributed by atoms with Crippen molar-refractivity contribution < 1.29 is 4.74 Å². The third kappa shape index (κ3) is 3.31. The first kappa shape index (κ1) is 11.5. The van der Waals surface area contributed by atoms with Gasteiger partial charge in [0.15, 0.2) is 0 Å². The Bertz CT molecular complexity index is 301. The molecule has 3 heteroatoms. The van der Waals surface area contributed by atoms with Crippen molar-refractivity contribution in [1.29, 1.82) is 0 Å². The van der Waals surface area contributed by atoms with Crippen LogP contribution >= 0.6 is 15.9 Å². The maximum Gasteiger partial charge on any atom is 0.0721 e. The number of nitrogen functional groups attached to an aromatic ring is 1. The van der Waals surface area contributed by atoms with Crippen LogP contribution in [-0.4, -0.2) is 6.10 Å². The summed E-state index contributed by atoms with van der Waals surface area (Å²) >= 11 is 3.36. The summed E-state index contributed by atoms with van der Waals surface area (Å²) in [6.45, 7) is 4.81. The van der Waals surface area contributed by atoms with Crippen molar-refractivity contribution in [3.8, 4) is 0 Å². The number of ether oxygens (including phenoxy) is 1. The van der Waals surface area contributed by atoms with E-state index in [0.29, 0.717) is 12.7 Å². The Balaban J connectivity index is 2.55. The molecular formula is C11H16BrNO. The fourth-order valence-corrected chi connectivity index (χ4v) is 1.29. The van der Waals surface area contributed by atoms with E-state index in [1.165, 1.54) is 0 Å². The lowest BCUT2D eigenvalue weighted by atomic mass is 10.2. The van der Waals surface area contributed by atoms with Crippen molar-refractivity contribution >= 4 is 21.6 Å². The van der Waals surface area contributed by atoms with E-state index in [4.69, 9.17) is 10.5 Å². The number of hydrogen-bond acceptors (Lipinski definition) is 2. The van der Waals surface area contributed by atoms with E-state index in [0.717, 1.165) is 22.1 Å². The molecule has 0 spiro atoms. The Hall–Kier alpha value is -0.540. The van der Waals surface area contributed by atoms with Gasteiger partial charge < -0.3 is 10.5 Å². The normalized spacial score (nSPS) is 12.8. The molecule has 2 N–H and O–H groups in total. The zero-order chi connectivity index (χ0) is 10.6. The molecular weight excluding hydrogens is 242 g/mol. The molecule has 0 bridgehead atoms. The first-order chi connectivity index (χ1) is 6.63. The fraction of sp³-hybridized carbons (Fsp3) is 0.455. The standard InChI is InChI=1S/C11H16BrNO/c1-3-8(2)14-7-9-4-5-10(12)11(13)6-9/h4-6,8H,3,7,13H2,1-2H3. The molecule has 0 aliphatic rings. The van der Waals surface area contributed by atoms with Gasteiger partial charge in [-0.3, -0.25) is 0 Å². The van der Waals surface area contributed by atoms with Crippen LogP contribution in [0.2, 0.25) is 0 Å². The average molecular weight is 258 g/mol. The predicted octanol–water partition coefficient (Wildman–Crippen LogP) is 3.35. The minimum absolute atomic E-state index is 0.305. The van der Waals surface area contributed by atoms with Crippen LogP contribution in [0.25, 0.3) is 0 Å². The van der Waals surface area contributed by atoms with Crippen molar-refractivity contribution in [2.24, 2.45) is 0 Å². The van der Waals surface area contributed by atoms with Crippen LogP contribution in [0.4, 0.5) is 5.69 Å². The average Bonchev–Trinajstić information content (AvgIpc) is 2.19. The molecule has 1 rings (SSSR count). The fourth-order valence-electron chi connectivity index (χ4n) is 1.04. The van der Waals surface area contributed by atoms with Gasteiger partial charge in [-0.25, -0.2) is 0 Å². The summed E-state index contributed by atoms with van der Waals surface area (Å²) in [6, 6.07) is 5.90. The highest BCUT2D eigenvalue weighted by Gasteiger charge is 2.01. The number of nitrogens with two attached hydrogens (primary N) is 1. The molecule has 0 radical (unpaired) electrons. The summed E-state index contributed by atoms with van der Waals surface area (Å²) in [5, 5.41) is 0. The summed E-state index contributed by atoms with van der Waals surface area (Å²) in [7, 11) is 0. The van der Waals surface area contributed by atoms with Gasteiger partial charge in [0.25, 0.3) is 0 Å². The first-order valence-electron chi connectivity index (χ1n) is 4.79. The van der Waals surface area contributed by atoms with Gasteiger partial charge in [0, 0.05) is 10.2 Å². The highest BCUT2D eigenvalue weighted by molar-refractivity contribution is 9.10. The van der Waals surface area contributed by atoms with Crippen LogP contribution in [0.3, 0.4) is 0 Å². The molecule has 78 valence electrons. The van der Waals surface area contributed by atoms with E-state index in [-0.39, 0.29) is 0 Å². The van der Waals surface area contributed by atoms with E-state index in [1.54, 1.807) is 0 Å². The second-order valence-electron chi connectivity index (χ2n) is 3.39. The zero-order valence-electron chi connectivity index (χ0n) is 8.59. The molecule has 2 nitrogen and oxygen atoms in total. The first-order valence-corrected chi connectivity index (χ1v) is 5.58. The molecule has 1 aromatic carbocycles. The largest absolute Gasteiger partial charge is 0.398 e. The van der Waals surface area contributed by atoms with Gasteiger partial charge in [-0.1, -0.05) is 13.0 Å². The lowest BCUT2D eigenvalue weighted by Crippen LogP contribution is -2.06. The Morgan fingerprint density at radius 2 is 2.21 bits per heavy atom. The maximum absolute atomic E-state index is 5.76. The van der Waals surface area contributed by atoms with Gasteiger partial charge in [-0.05, 0) is 47.0 Å². The lowest BCUT2D eigenvalue weighted by Gasteiger charge is -2.11. The zero-order valence-corrected chi connectivity index (χ0v) is 10.2. The van der Waals surface area contributed by atoms with Gasteiger partial charge in [0.2, 0.25) is 0 Å². The molecule has 0 aliphatic carbocycles. The molecule has 0 fully saturated rings. The number of halogens is 1. The van der Waals surface area contributed by atoms with Crippen molar-refractivity contribution in [3.63, 3.8) is 0 Å². The van der Waals surface area contributed by atoms with Crippen molar-refractivity contribution in [2.75, 3.05) is 5.73 Å². The van der Waals surface area contributed by atoms with Crippen LogP contribution in [0.5, 0.6) is 0 Å². The third-order valence-electron chi connectivity index (χ3n) is 2.17. The van der Waals surface area contributed by atoms with Crippen molar-refractivity contribution in [2.45, 2.75) is 33.0 Å². The van der Waals surface area contributed by atoms with E-state index in [2.05, 4.69) is 29.8 Å². The maximum atomic E-state index is 5.76. The quantitative estimate of drug-likeness (QED) is 0.840. The van der Waals surface area contributed by atoms with Gasteiger partial charge in [0.05, 0.1) is 12.7 Å². The molecule has 1 unspecified atom stereocenters. The van der Waals surface area contributed by atoms with Crippen LogP contribution in [0.1, 0.15) is 25.8 Å². The number of rotatable bonds is 4. The second kappa shape index (κ2) is 5.37. The Morgan fingerprint density at radius 1 is 1.50 bits per heavy atom. The smallest absolute Gasteiger partial charge is 0.0721 e. The molecule has 0 aliphatic heterocycles. The number of benzene rings is 1.